The number of fused-ring (bicyclic) bond motifs is 1. The molecule has 0 unspecified atom stereocenters. The van der Waals surface area contributed by atoms with Crippen LogP contribution in [-0.4, -0.2) is 4.98 Å². The zero-order valence-electron chi connectivity index (χ0n) is 8.46. The number of pyridine rings is 1. The van der Waals surface area contributed by atoms with Crippen molar-refractivity contribution in [3.8, 4) is 0 Å². The number of aryl methyl sites for hydroxylation is 1. The molecule has 13 heavy (non-hydrogen) atoms. The van der Waals surface area contributed by atoms with Crippen LogP contribution in [0, 0.1) is 5.92 Å². The van der Waals surface area contributed by atoms with E-state index in [1.54, 1.807) is 5.56 Å². The number of nitrogens with zero attached hydrogens (tertiary/aromatic N) is 1. The van der Waals surface area contributed by atoms with E-state index in [2.05, 4.69) is 24.9 Å². The lowest BCUT2D eigenvalue weighted by Gasteiger charge is -2.27. The van der Waals surface area contributed by atoms with Crippen molar-refractivity contribution in [2.75, 3.05) is 0 Å². The molecule has 0 radical (unpaired) electrons. The molecule has 1 heteroatoms. The molecule has 2 rings (SSSR count). The van der Waals surface area contributed by atoms with Gasteiger partial charge in [-0.25, -0.2) is 0 Å². The molecule has 1 aromatic rings. The molecule has 0 fully saturated rings. The number of hydrogen-bond donors (Lipinski definition) is 0. The normalized spacial score (nSPS) is 21.6. The molecule has 1 aliphatic rings. The van der Waals surface area contributed by atoms with Gasteiger partial charge < -0.3 is 0 Å². The first-order valence-electron chi connectivity index (χ1n) is 5.22. The van der Waals surface area contributed by atoms with Crippen LogP contribution in [0.3, 0.4) is 0 Å². The summed E-state index contributed by atoms with van der Waals surface area (Å²) in [5, 5.41) is 0. The first kappa shape index (κ1) is 8.74. The molecule has 1 heterocycles. The summed E-state index contributed by atoms with van der Waals surface area (Å²) in [6, 6.07) is 2.21. The van der Waals surface area contributed by atoms with Crippen molar-refractivity contribution in [1.29, 1.82) is 0 Å². The van der Waals surface area contributed by atoms with E-state index < -0.39 is 0 Å². The molecule has 0 saturated carbocycles. The summed E-state index contributed by atoms with van der Waals surface area (Å²) in [7, 11) is 0. The Morgan fingerprint density at radius 3 is 3.08 bits per heavy atom. The first-order valence-corrected chi connectivity index (χ1v) is 5.22. The van der Waals surface area contributed by atoms with Gasteiger partial charge in [0.25, 0.3) is 0 Å². The topological polar surface area (TPSA) is 12.9 Å². The Morgan fingerprint density at radius 2 is 2.31 bits per heavy atom. The van der Waals surface area contributed by atoms with Crippen LogP contribution in [0.1, 0.15) is 43.7 Å². The van der Waals surface area contributed by atoms with Gasteiger partial charge in [0.05, 0.1) is 0 Å². The van der Waals surface area contributed by atoms with Crippen molar-refractivity contribution in [3.63, 3.8) is 0 Å². The summed E-state index contributed by atoms with van der Waals surface area (Å²) >= 11 is 0. The standard InChI is InChI=1S/C12H17N/c1-9(2)11-5-3-4-10-8-13-7-6-12(10)11/h6-9,11H,3-5H2,1-2H3/t11-/m1/s1. The molecule has 0 saturated heterocycles. The summed E-state index contributed by atoms with van der Waals surface area (Å²) in [5.41, 5.74) is 3.03. The smallest absolute Gasteiger partial charge is 0.0302 e. The molecule has 1 nitrogen and oxygen atoms in total. The van der Waals surface area contributed by atoms with Gasteiger partial charge in [-0.1, -0.05) is 13.8 Å². The highest BCUT2D eigenvalue weighted by Crippen LogP contribution is 2.35. The van der Waals surface area contributed by atoms with E-state index in [0.29, 0.717) is 0 Å². The van der Waals surface area contributed by atoms with Gasteiger partial charge in [0.15, 0.2) is 0 Å². The minimum absolute atomic E-state index is 0.765. The number of hydrogen-bond acceptors (Lipinski definition) is 1. The third kappa shape index (κ3) is 1.60. The Hall–Kier alpha value is -0.850. The predicted molar refractivity (Wildman–Crippen MR) is 54.8 cm³/mol. The van der Waals surface area contributed by atoms with Crippen LogP contribution < -0.4 is 0 Å². The van der Waals surface area contributed by atoms with E-state index in [1.165, 1.54) is 24.8 Å². The summed E-state index contributed by atoms with van der Waals surface area (Å²) in [5.74, 6) is 1.54. The summed E-state index contributed by atoms with van der Waals surface area (Å²) in [6.07, 6.45) is 7.89. The molecule has 0 amide bonds. The second kappa shape index (κ2) is 3.49. The third-order valence-corrected chi connectivity index (χ3v) is 3.11. The van der Waals surface area contributed by atoms with Crippen LogP contribution in [-0.2, 0) is 6.42 Å². The number of aromatic nitrogens is 1. The van der Waals surface area contributed by atoms with Crippen molar-refractivity contribution >= 4 is 0 Å². The van der Waals surface area contributed by atoms with Gasteiger partial charge in [0.1, 0.15) is 0 Å². The Kier molecular flexibility index (Phi) is 2.34. The fourth-order valence-corrected chi connectivity index (χ4v) is 2.37. The van der Waals surface area contributed by atoms with Gasteiger partial charge in [-0.05, 0) is 48.3 Å². The highest BCUT2D eigenvalue weighted by atomic mass is 14.6. The first-order chi connectivity index (χ1) is 6.29. The van der Waals surface area contributed by atoms with Crippen LogP contribution in [0.25, 0.3) is 0 Å². The van der Waals surface area contributed by atoms with Gasteiger partial charge in [0.2, 0.25) is 0 Å². The number of rotatable bonds is 1. The molecule has 70 valence electrons. The lowest BCUT2D eigenvalue weighted by molar-refractivity contribution is 0.433. The second-order valence-electron chi connectivity index (χ2n) is 4.32. The zero-order chi connectivity index (χ0) is 9.26. The van der Waals surface area contributed by atoms with Crippen molar-refractivity contribution in [2.24, 2.45) is 5.92 Å². The second-order valence-corrected chi connectivity index (χ2v) is 4.32. The maximum Gasteiger partial charge on any atom is 0.0302 e. The van der Waals surface area contributed by atoms with Crippen LogP contribution in [0.2, 0.25) is 0 Å². The highest BCUT2D eigenvalue weighted by Gasteiger charge is 2.22. The van der Waals surface area contributed by atoms with E-state index >= 15 is 0 Å². The molecule has 0 aromatic carbocycles. The third-order valence-electron chi connectivity index (χ3n) is 3.11. The van der Waals surface area contributed by atoms with Crippen molar-refractivity contribution < 1.29 is 0 Å². The fourth-order valence-electron chi connectivity index (χ4n) is 2.37. The average Bonchev–Trinajstić information content (AvgIpc) is 2.17. The fraction of sp³-hybridized carbons (Fsp3) is 0.583. The van der Waals surface area contributed by atoms with E-state index in [-0.39, 0.29) is 0 Å². The van der Waals surface area contributed by atoms with Gasteiger partial charge in [-0.2, -0.15) is 0 Å². The molecular formula is C12H17N. The Bertz CT molecular complexity index is 291. The Balaban J connectivity index is 2.37. The van der Waals surface area contributed by atoms with Crippen LogP contribution in [0.15, 0.2) is 18.5 Å². The molecule has 0 spiro atoms. The van der Waals surface area contributed by atoms with Gasteiger partial charge in [0, 0.05) is 12.4 Å². The molecule has 0 bridgehead atoms. The molecule has 1 atom stereocenters. The Labute approximate surface area is 80.2 Å². The summed E-state index contributed by atoms with van der Waals surface area (Å²) in [6.45, 7) is 4.64. The van der Waals surface area contributed by atoms with Crippen molar-refractivity contribution in [1.82, 2.24) is 4.98 Å². The van der Waals surface area contributed by atoms with E-state index in [4.69, 9.17) is 0 Å². The largest absolute Gasteiger partial charge is 0.264 e. The minimum Gasteiger partial charge on any atom is -0.264 e. The average molecular weight is 175 g/mol. The lowest BCUT2D eigenvalue weighted by Crippen LogP contribution is -2.14. The minimum atomic E-state index is 0.765. The highest BCUT2D eigenvalue weighted by molar-refractivity contribution is 5.29. The van der Waals surface area contributed by atoms with Crippen molar-refractivity contribution in [3.05, 3.63) is 29.6 Å². The van der Waals surface area contributed by atoms with E-state index in [0.717, 1.165) is 11.8 Å². The van der Waals surface area contributed by atoms with Crippen LogP contribution >= 0.6 is 0 Å². The lowest BCUT2D eigenvalue weighted by atomic mass is 9.78. The van der Waals surface area contributed by atoms with E-state index in [1.807, 2.05) is 12.4 Å². The summed E-state index contributed by atoms with van der Waals surface area (Å²) < 4.78 is 0. The predicted octanol–water partition coefficient (Wildman–Crippen LogP) is 3.16. The van der Waals surface area contributed by atoms with E-state index in [9.17, 15) is 0 Å². The van der Waals surface area contributed by atoms with Gasteiger partial charge in [-0.15, -0.1) is 0 Å². The maximum atomic E-state index is 4.19. The molecule has 0 aliphatic heterocycles. The molecule has 0 N–H and O–H groups in total. The quantitative estimate of drug-likeness (QED) is 0.639. The zero-order valence-corrected chi connectivity index (χ0v) is 8.46. The van der Waals surface area contributed by atoms with Crippen molar-refractivity contribution in [2.45, 2.75) is 39.0 Å². The summed E-state index contributed by atoms with van der Waals surface area (Å²) in [4.78, 5) is 4.19. The van der Waals surface area contributed by atoms with Gasteiger partial charge in [-0.3, -0.25) is 4.98 Å². The van der Waals surface area contributed by atoms with Crippen LogP contribution in [0.5, 0.6) is 0 Å². The molecule has 1 aromatic heterocycles. The maximum absolute atomic E-state index is 4.19. The van der Waals surface area contributed by atoms with Crippen LogP contribution in [0.4, 0.5) is 0 Å². The Morgan fingerprint density at radius 1 is 1.46 bits per heavy atom. The molecule has 1 aliphatic carbocycles. The monoisotopic (exact) mass is 175 g/mol. The van der Waals surface area contributed by atoms with Gasteiger partial charge >= 0.3 is 0 Å². The molecular weight excluding hydrogens is 158 g/mol. The SMILES string of the molecule is CC(C)[C@H]1CCCc2cnccc21.